The van der Waals surface area contributed by atoms with Gasteiger partial charge >= 0.3 is 0 Å². The molecule has 2 aromatic rings. The van der Waals surface area contributed by atoms with E-state index in [2.05, 4.69) is 20.9 Å². The Morgan fingerprint density at radius 3 is 2.19 bits per heavy atom. The van der Waals surface area contributed by atoms with Gasteiger partial charge in [-0.2, -0.15) is 0 Å². The number of nitrogens with zero attached hydrogens (tertiary/aromatic N) is 1. The van der Waals surface area contributed by atoms with Gasteiger partial charge in [0.2, 0.25) is 11.8 Å². The van der Waals surface area contributed by atoms with Crippen LogP contribution in [0.3, 0.4) is 0 Å². The maximum atomic E-state index is 12.2. The maximum Gasteiger partial charge on any atom is 0.248 e. The first-order chi connectivity index (χ1) is 15.0. The number of nitrogens with two attached hydrogens (primary N) is 1. The van der Waals surface area contributed by atoms with E-state index in [4.69, 9.17) is 10.5 Å². The van der Waals surface area contributed by atoms with Crippen molar-refractivity contribution in [1.29, 1.82) is 0 Å². The van der Waals surface area contributed by atoms with Crippen molar-refractivity contribution in [3.05, 3.63) is 59.7 Å². The first-order valence-electron chi connectivity index (χ1n) is 10.5. The zero-order valence-electron chi connectivity index (χ0n) is 19.4. The van der Waals surface area contributed by atoms with Crippen LogP contribution >= 0.6 is 0 Å². The second kappa shape index (κ2) is 11.2. The highest BCUT2D eigenvalue weighted by atomic mass is 16.5. The van der Waals surface area contributed by atoms with Crippen molar-refractivity contribution in [3.63, 3.8) is 0 Å². The van der Waals surface area contributed by atoms with Gasteiger partial charge in [-0.25, -0.2) is 4.99 Å². The molecule has 5 N–H and O–H groups in total. The molecule has 8 nitrogen and oxygen atoms in total. The van der Waals surface area contributed by atoms with Crippen LogP contribution in [0, 0.1) is 0 Å². The summed E-state index contributed by atoms with van der Waals surface area (Å²) in [5, 5.41) is 9.18. The molecule has 0 atom stereocenters. The van der Waals surface area contributed by atoms with Crippen LogP contribution < -0.4 is 26.4 Å². The van der Waals surface area contributed by atoms with Crippen molar-refractivity contribution in [2.75, 3.05) is 11.9 Å². The molecule has 0 bridgehead atoms. The molecule has 2 aromatic carbocycles. The Labute approximate surface area is 189 Å². The number of guanidine groups is 1. The summed E-state index contributed by atoms with van der Waals surface area (Å²) >= 11 is 0. The third kappa shape index (κ3) is 9.07. The lowest BCUT2D eigenvalue weighted by Gasteiger charge is -2.21. The zero-order chi connectivity index (χ0) is 23.7. The largest absolute Gasteiger partial charge is 0.491 e. The molecule has 2 amide bonds. The molecular formula is C24H33N5O3. The maximum absolute atomic E-state index is 12.2. The van der Waals surface area contributed by atoms with Crippen LogP contribution in [0.5, 0.6) is 5.75 Å². The van der Waals surface area contributed by atoms with E-state index in [0.717, 1.165) is 17.0 Å². The number of anilines is 1. The Morgan fingerprint density at radius 2 is 1.66 bits per heavy atom. The van der Waals surface area contributed by atoms with E-state index in [9.17, 15) is 9.59 Å². The van der Waals surface area contributed by atoms with Gasteiger partial charge in [-0.15, -0.1) is 0 Å². The summed E-state index contributed by atoms with van der Waals surface area (Å²) in [7, 11) is 0. The fourth-order valence-electron chi connectivity index (χ4n) is 2.74. The fraction of sp³-hybridized carbons (Fsp3) is 0.375. The molecule has 0 radical (unpaired) electrons. The minimum absolute atomic E-state index is 0.0677. The Hall–Kier alpha value is -3.55. The predicted molar refractivity (Wildman–Crippen MR) is 128 cm³/mol. The lowest BCUT2D eigenvalue weighted by molar-refractivity contribution is -0.121. The SMILES string of the molecule is CC(C)Oc1ccc(NC(=NCc2ccc(C(N)=O)cc2)NCC(=O)NC(C)(C)C)cc1. The minimum Gasteiger partial charge on any atom is -0.491 e. The first kappa shape index (κ1) is 24.7. The molecular weight excluding hydrogens is 406 g/mol. The molecule has 8 heteroatoms. The highest BCUT2D eigenvalue weighted by Gasteiger charge is 2.14. The predicted octanol–water partition coefficient (Wildman–Crippen LogP) is 3.05. The van der Waals surface area contributed by atoms with E-state index in [1.165, 1.54) is 0 Å². The molecule has 2 rings (SSSR count). The number of ether oxygens (including phenoxy) is 1. The number of hydrogen-bond acceptors (Lipinski definition) is 4. The molecule has 0 heterocycles. The topological polar surface area (TPSA) is 118 Å². The number of rotatable bonds is 8. The van der Waals surface area contributed by atoms with Crippen molar-refractivity contribution in [1.82, 2.24) is 10.6 Å². The molecule has 172 valence electrons. The van der Waals surface area contributed by atoms with Gasteiger partial charge < -0.3 is 26.4 Å². The van der Waals surface area contributed by atoms with Crippen LogP contribution in [-0.2, 0) is 11.3 Å². The van der Waals surface area contributed by atoms with Crippen LogP contribution in [0.1, 0.15) is 50.5 Å². The number of carbonyl (C=O) groups is 2. The monoisotopic (exact) mass is 439 g/mol. The second-order valence-corrected chi connectivity index (χ2v) is 8.69. The Bertz CT molecular complexity index is 930. The summed E-state index contributed by atoms with van der Waals surface area (Å²) < 4.78 is 5.67. The lowest BCUT2D eigenvalue weighted by Crippen LogP contribution is -2.46. The fourth-order valence-corrected chi connectivity index (χ4v) is 2.74. The van der Waals surface area contributed by atoms with E-state index < -0.39 is 5.91 Å². The third-order valence-electron chi connectivity index (χ3n) is 4.08. The number of carbonyl (C=O) groups excluding carboxylic acids is 2. The second-order valence-electron chi connectivity index (χ2n) is 8.69. The Balaban J connectivity index is 2.11. The van der Waals surface area contributed by atoms with Gasteiger partial charge in [0.1, 0.15) is 5.75 Å². The molecule has 0 unspecified atom stereocenters. The van der Waals surface area contributed by atoms with Crippen molar-refractivity contribution >= 4 is 23.5 Å². The molecule has 0 aromatic heterocycles. The van der Waals surface area contributed by atoms with Gasteiger partial charge in [0.15, 0.2) is 5.96 Å². The normalized spacial score (nSPS) is 11.8. The van der Waals surface area contributed by atoms with E-state index in [1.54, 1.807) is 24.3 Å². The number of benzene rings is 2. The number of primary amides is 1. The number of aliphatic imine (C=N–C) groups is 1. The molecule has 0 spiro atoms. The Kier molecular flexibility index (Phi) is 8.63. The van der Waals surface area contributed by atoms with Gasteiger partial charge in [0.05, 0.1) is 19.2 Å². The molecule has 0 aliphatic carbocycles. The van der Waals surface area contributed by atoms with Gasteiger partial charge in [0, 0.05) is 16.8 Å². The smallest absolute Gasteiger partial charge is 0.248 e. The highest BCUT2D eigenvalue weighted by molar-refractivity contribution is 5.96. The number of nitrogens with one attached hydrogen (secondary N) is 3. The van der Waals surface area contributed by atoms with Gasteiger partial charge in [-0.3, -0.25) is 9.59 Å². The van der Waals surface area contributed by atoms with Gasteiger partial charge in [-0.05, 0) is 76.6 Å². The summed E-state index contributed by atoms with van der Waals surface area (Å²) in [5.41, 5.74) is 7.11. The van der Waals surface area contributed by atoms with Crippen molar-refractivity contribution < 1.29 is 14.3 Å². The molecule has 0 saturated heterocycles. The van der Waals surface area contributed by atoms with Crippen LogP contribution in [0.2, 0.25) is 0 Å². The van der Waals surface area contributed by atoms with Crippen molar-refractivity contribution in [2.45, 2.75) is 52.8 Å². The zero-order valence-corrected chi connectivity index (χ0v) is 19.4. The molecule has 0 saturated carbocycles. The molecule has 0 aliphatic rings. The van der Waals surface area contributed by atoms with Gasteiger partial charge in [-0.1, -0.05) is 12.1 Å². The van der Waals surface area contributed by atoms with Crippen LogP contribution in [0.25, 0.3) is 0 Å². The summed E-state index contributed by atoms with van der Waals surface area (Å²) in [5.74, 6) is 0.610. The number of hydrogen-bond donors (Lipinski definition) is 4. The van der Waals surface area contributed by atoms with E-state index >= 15 is 0 Å². The molecule has 0 aliphatic heterocycles. The van der Waals surface area contributed by atoms with Crippen molar-refractivity contribution in [3.8, 4) is 5.75 Å². The summed E-state index contributed by atoms with van der Waals surface area (Å²) in [4.78, 5) is 28.0. The standard InChI is InChI=1S/C24H33N5O3/c1-16(2)32-20-12-10-19(11-13-20)28-23(27-15-21(30)29-24(3,4)5)26-14-17-6-8-18(9-7-17)22(25)31/h6-13,16H,14-15H2,1-5H3,(H2,25,31)(H,29,30)(H2,26,27,28). The van der Waals surface area contributed by atoms with Crippen LogP contribution in [-0.4, -0.2) is 36.0 Å². The van der Waals surface area contributed by atoms with E-state index in [1.807, 2.05) is 58.9 Å². The summed E-state index contributed by atoms with van der Waals surface area (Å²) in [6.07, 6.45) is 0.0925. The third-order valence-corrected chi connectivity index (χ3v) is 4.08. The summed E-state index contributed by atoms with van der Waals surface area (Å²) in [6.45, 7) is 10.1. The van der Waals surface area contributed by atoms with E-state index in [0.29, 0.717) is 18.1 Å². The molecule has 32 heavy (non-hydrogen) atoms. The Morgan fingerprint density at radius 1 is 1.03 bits per heavy atom. The van der Waals surface area contributed by atoms with E-state index in [-0.39, 0.29) is 24.1 Å². The number of amides is 2. The minimum atomic E-state index is -0.473. The average molecular weight is 440 g/mol. The first-order valence-corrected chi connectivity index (χ1v) is 10.5. The van der Waals surface area contributed by atoms with Crippen LogP contribution in [0.15, 0.2) is 53.5 Å². The van der Waals surface area contributed by atoms with Crippen LogP contribution in [0.4, 0.5) is 5.69 Å². The quantitative estimate of drug-likeness (QED) is 0.372. The lowest BCUT2D eigenvalue weighted by atomic mass is 10.1. The molecule has 0 fully saturated rings. The average Bonchev–Trinajstić information content (AvgIpc) is 2.70. The summed E-state index contributed by atoms with van der Waals surface area (Å²) in [6, 6.07) is 14.4. The highest BCUT2D eigenvalue weighted by Crippen LogP contribution is 2.17. The van der Waals surface area contributed by atoms with Gasteiger partial charge in [0.25, 0.3) is 0 Å². The van der Waals surface area contributed by atoms with Crippen molar-refractivity contribution in [2.24, 2.45) is 10.7 Å².